The van der Waals surface area contributed by atoms with E-state index in [1.807, 2.05) is 0 Å². The van der Waals surface area contributed by atoms with Crippen LogP contribution in [0.15, 0.2) is 91.0 Å². The molecule has 0 saturated carbocycles. The Morgan fingerprint density at radius 2 is 0.823 bits per heavy atom. The first kappa shape index (κ1) is 53.3. The molecule has 0 amide bonds. The molecule has 410 valence electrons. The van der Waals surface area contributed by atoms with Gasteiger partial charge in [-0.15, -0.1) is 11.3 Å². The van der Waals surface area contributed by atoms with Gasteiger partial charge in [0, 0.05) is 33.1 Å². The maximum atomic E-state index is 2.79. The quantitative estimate of drug-likeness (QED) is 0.163. The van der Waals surface area contributed by atoms with E-state index in [1.54, 1.807) is 0 Å². The minimum atomic E-state index is -0.0425. The SMILES string of the molecule is Cc1cc2c(cc1-c1cc3c4c(c1)N(c1ccc5c(c1)C(C)(C)CCC5(C)C)c1sc5cc6c(cc5c1B4c1cc(C(C)(C)C)ccc1N3c1ccc3c(c1)C(C)(C)CCC3(C)C)C(C)(C)CCC6(C)C)C(C)(C)CCC2(C)C. The van der Waals surface area contributed by atoms with Gasteiger partial charge in [0.15, 0.2) is 0 Å². The summed E-state index contributed by atoms with van der Waals surface area (Å²) in [5.74, 6) is 0. The number of hydrogen-bond donors (Lipinski definition) is 0. The Hall–Kier alpha value is -5.06. The zero-order valence-electron chi connectivity index (χ0n) is 52.2. The minimum absolute atomic E-state index is 0.00993. The largest absolute Gasteiger partial charge is 0.311 e. The van der Waals surface area contributed by atoms with Crippen molar-refractivity contribution < 1.29 is 0 Å². The Labute approximate surface area is 481 Å². The van der Waals surface area contributed by atoms with Crippen LogP contribution in [-0.2, 0) is 48.7 Å². The first-order valence-electron chi connectivity index (χ1n) is 30.6. The standard InChI is InChI=1S/C75H91BN2S/c1-44-35-53-56(73(15,16)32-31-70(53,9)10)41-49(44)45-36-61-65-62(37-45)78(48-23-25-52-55(40-48)72(13,14)30-28-69(52,7)8)66-64(50-42-57-58(43-63(50)79-66)75(19,20)34-33-74(57,17)18)76(65)59-38-46(67(2,3)4)21-26-60(59)77(61)47-22-24-51-54(39-47)71(11,12)29-27-68(51,5)6/h21-26,35-43H,27-34H2,1-20H3. The van der Waals surface area contributed by atoms with Crippen molar-refractivity contribution in [1.82, 2.24) is 0 Å². The van der Waals surface area contributed by atoms with Crippen molar-refractivity contribution >= 4 is 78.0 Å². The fraction of sp³-hybridized carbons (Fsp3) is 0.493. The number of thiophene rings is 1. The molecule has 0 radical (unpaired) electrons. The van der Waals surface area contributed by atoms with Crippen LogP contribution in [0.1, 0.15) is 239 Å². The molecular weight excluding hydrogens is 972 g/mol. The summed E-state index contributed by atoms with van der Waals surface area (Å²) < 4.78 is 1.42. The van der Waals surface area contributed by atoms with Crippen LogP contribution in [0.5, 0.6) is 0 Å². The summed E-state index contributed by atoms with van der Waals surface area (Å²) in [6.07, 6.45) is 9.52. The van der Waals surface area contributed by atoms with E-state index in [0.717, 1.165) is 0 Å². The molecule has 0 unspecified atom stereocenters. The average molecular weight is 1060 g/mol. The second-order valence-corrected chi connectivity index (χ2v) is 33.5. The molecule has 79 heavy (non-hydrogen) atoms. The van der Waals surface area contributed by atoms with Gasteiger partial charge in [0.1, 0.15) is 0 Å². The lowest BCUT2D eigenvalue weighted by atomic mass is 9.33. The molecule has 2 aliphatic heterocycles. The first-order chi connectivity index (χ1) is 36.6. The third-order valence-electron chi connectivity index (χ3n) is 22.2. The van der Waals surface area contributed by atoms with E-state index in [0.29, 0.717) is 0 Å². The monoisotopic (exact) mass is 1060 g/mol. The summed E-state index contributed by atoms with van der Waals surface area (Å²) in [4.78, 5) is 5.53. The Balaban J connectivity index is 1.20. The Kier molecular flexibility index (Phi) is 11.2. The molecule has 2 nitrogen and oxygen atoms in total. The van der Waals surface area contributed by atoms with Crippen molar-refractivity contribution in [2.45, 2.75) is 239 Å². The topological polar surface area (TPSA) is 6.48 Å². The van der Waals surface area contributed by atoms with E-state index in [1.165, 1.54) is 178 Å². The van der Waals surface area contributed by atoms with Crippen molar-refractivity contribution in [1.29, 1.82) is 0 Å². The van der Waals surface area contributed by atoms with Gasteiger partial charge in [-0.2, -0.15) is 0 Å². The summed E-state index contributed by atoms with van der Waals surface area (Å²) in [7, 11) is 0. The van der Waals surface area contributed by atoms with Crippen molar-refractivity contribution in [3.05, 3.63) is 147 Å². The first-order valence-corrected chi connectivity index (χ1v) is 31.4. The molecule has 13 rings (SSSR count). The van der Waals surface area contributed by atoms with Gasteiger partial charge in [0.2, 0.25) is 0 Å². The maximum Gasteiger partial charge on any atom is 0.254 e. The van der Waals surface area contributed by atoms with Crippen LogP contribution in [0.3, 0.4) is 0 Å². The second kappa shape index (κ2) is 16.6. The third-order valence-corrected chi connectivity index (χ3v) is 23.4. The zero-order valence-corrected chi connectivity index (χ0v) is 53.0. The molecule has 4 aliphatic carbocycles. The third kappa shape index (κ3) is 7.87. The lowest BCUT2D eigenvalue weighted by Gasteiger charge is -2.46. The highest BCUT2D eigenvalue weighted by Crippen LogP contribution is 2.57. The van der Waals surface area contributed by atoms with E-state index < -0.39 is 0 Å². The lowest BCUT2D eigenvalue weighted by Crippen LogP contribution is -2.61. The molecule has 4 heteroatoms. The molecule has 6 aromatic carbocycles. The molecule has 0 atom stereocenters. The van der Waals surface area contributed by atoms with Gasteiger partial charge >= 0.3 is 0 Å². The Morgan fingerprint density at radius 1 is 0.405 bits per heavy atom. The number of fused-ring (bicyclic) bond motifs is 10. The maximum absolute atomic E-state index is 2.79. The predicted octanol–water partition coefficient (Wildman–Crippen LogP) is 19.7. The number of aryl methyl sites for hydroxylation is 1. The number of hydrogen-bond acceptors (Lipinski definition) is 3. The number of nitrogens with zero attached hydrogens (tertiary/aromatic N) is 2. The van der Waals surface area contributed by atoms with Gasteiger partial charge in [-0.25, -0.2) is 0 Å². The molecular formula is C75H91BN2S. The van der Waals surface area contributed by atoms with Crippen molar-refractivity contribution in [2.75, 3.05) is 9.80 Å². The summed E-state index contributed by atoms with van der Waals surface area (Å²) in [5.41, 5.74) is 29.0. The van der Waals surface area contributed by atoms with E-state index in [-0.39, 0.29) is 55.4 Å². The average Bonchev–Trinajstić information content (AvgIpc) is 2.50. The number of rotatable bonds is 3. The van der Waals surface area contributed by atoms with Crippen molar-refractivity contribution in [2.24, 2.45) is 0 Å². The second-order valence-electron chi connectivity index (χ2n) is 32.5. The molecule has 0 fully saturated rings. The fourth-order valence-electron chi connectivity index (χ4n) is 16.2. The van der Waals surface area contributed by atoms with Gasteiger partial charge in [0.25, 0.3) is 6.71 Å². The molecule has 0 bridgehead atoms. The highest BCUT2D eigenvalue weighted by molar-refractivity contribution is 7.26. The summed E-state index contributed by atoms with van der Waals surface area (Å²) in [6, 6.07) is 38.9. The van der Waals surface area contributed by atoms with Gasteiger partial charge in [-0.05, 0) is 250 Å². The summed E-state index contributed by atoms with van der Waals surface area (Å²) in [5, 5.41) is 2.82. The summed E-state index contributed by atoms with van der Waals surface area (Å²) in [6.45, 7) is 49.5. The van der Waals surface area contributed by atoms with Gasteiger partial charge in [-0.3, -0.25) is 0 Å². The highest BCUT2D eigenvalue weighted by atomic mass is 32.1. The zero-order chi connectivity index (χ0) is 56.5. The molecule has 1 aromatic heterocycles. The molecule has 7 aromatic rings. The molecule has 3 heterocycles. The minimum Gasteiger partial charge on any atom is -0.311 e. The van der Waals surface area contributed by atoms with Crippen LogP contribution < -0.4 is 26.2 Å². The summed E-state index contributed by atoms with van der Waals surface area (Å²) >= 11 is 2.06. The molecule has 0 N–H and O–H groups in total. The van der Waals surface area contributed by atoms with E-state index in [2.05, 4.69) is 251 Å². The van der Waals surface area contributed by atoms with Crippen LogP contribution in [0.2, 0.25) is 0 Å². The fourth-order valence-corrected chi connectivity index (χ4v) is 17.5. The predicted molar refractivity (Wildman–Crippen MR) is 346 cm³/mol. The van der Waals surface area contributed by atoms with Crippen LogP contribution in [-0.4, -0.2) is 6.71 Å². The molecule has 6 aliphatic rings. The van der Waals surface area contributed by atoms with Gasteiger partial charge < -0.3 is 9.80 Å². The van der Waals surface area contributed by atoms with E-state index >= 15 is 0 Å². The van der Waals surface area contributed by atoms with Crippen LogP contribution >= 0.6 is 11.3 Å². The van der Waals surface area contributed by atoms with Gasteiger partial charge in [0.05, 0.1) is 5.00 Å². The van der Waals surface area contributed by atoms with E-state index in [4.69, 9.17) is 0 Å². The number of benzene rings is 6. The number of anilines is 6. The van der Waals surface area contributed by atoms with Crippen LogP contribution in [0, 0.1) is 6.92 Å². The normalized spacial score (nSPS) is 21.7. The Bertz CT molecular complexity index is 3760. The molecule has 0 saturated heterocycles. The van der Waals surface area contributed by atoms with Crippen molar-refractivity contribution in [3.63, 3.8) is 0 Å². The Morgan fingerprint density at radius 3 is 1.32 bits per heavy atom. The van der Waals surface area contributed by atoms with E-state index in [9.17, 15) is 0 Å². The lowest BCUT2D eigenvalue weighted by molar-refractivity contribution is 0.332. The van der Waals surface area contributed by atoms with Crippen LogP contribution in [0.25, 0.3) is 21.2 Å². The highest BCUT2D eigenvalue weighted by Gasteiger charge is 2.49. The molecule has 0 spiro atoms. The van der Waals surface area contributed by atoms with Crippen molar-refractivity contribution in [3.8, 4) is 11.1 Å². The van der Waals surface area contributed by atoms with Crippen LogP contribution in [0.4, 0.5) is 33.4 Å². The van der Waals surface area contributed by atoms with Gasteiger partial charge in [-0.1, -0.05) is 168 Å². The smallest absolute Gasteiger partial charge is 0.254 e.